The van der Waals surface area contributed by atoms with E-state index in [-0.39, 0.29) is 27.1 Å². The molecule has 192 valence electrons. The van der Waals surface area contributed by atoms with Crippen molar-refractivity contribution < 1.29 is 35.9 Å². The van der Waals surface area contributed by atoms with Crippen molar-refractivity contribution in [1.82, 2.24) is 0 Å². The number of hydrogen-bond donors (Lipinski definition) is 1. The average Bonchev–Trinajstić information content (AvgIpc) is 2.82. The summed E-state index contributed by atoms with van der Waals surface area (Å²) in [4.78, 5) is 12.8. The van der Waals surface area contributed by atoms with Crippen LogP contribution in [0.25, 0.3) is 0 Å². The molecule has 0 saturated heterocycles. The Labute approximate surface area is 211 Å². The number of amides is 1. The molecule has 3 rings (SSSR count). The van der Waals surface area contributed by atoms with Crippen LogP contribution in [0.4, 0.5) is 24.5 Å². The van der Waals surface area contributed by atoms with E-state index in [0.717, 1.165) is 15.9 Å². The van der Waals surface area contributed by atoms with Crippen LogP contribution < -0.4 is 19.1 Å². The zero-order valence-corrected chi connectivity index (χ0v) is 21.0. The molecule has 0 saturated carbocycles. The monoisotopic (exact) mass is 542 g/mol. The maximum absolute atomic E-state index is 13.6. The number of anilines is 2. The van der Waals surface area contributed by atoms with Gasteiger partial charge in [0.15, 0.2) is 0 Å². The van der Waals surface area contributed by atoms with Gasteiger partial charge in [-0.05, 0) is 49.4 Å². The molecule has 0 atom stereocenters. The second-order valence-electron chi connectivity index (χ2n) is 7.60. The fourth-order valence-electron chi connectivity index (χ4n) is 3.31. The van der Waals surface area contributed by atoms with Crippen LogP contribution in [0.1, 0.15) is 11.1 Å². The van der Waals surface area contributed by atoms with Crippen LogP contribution in [0, 0.1) is 6.92 Å². The lowest BCUT2D eigenvalue weighted by Gasteiger charge is -2.26. The van der Waals surface area contributed by atoms with E-state index in [1.807, 2.05) is 0 Å². The molecule has 0 unspecified atom stereocenters. The van der Waals surface area contributed by atoms with Crippen LogP contribution >= 0.6 is 11.6 Å². The van der Waals surface area contributed by atoms with Crippen LogP contribution in [-0.4, -0.2) is 35.1 Å². The number of nitrogens with one attached hydrogen (secondary N) is 1. The van der Waals surface area contributed by atoms with Crippen molar-refractivity contribution in [2.45, 2.75) is 18.0 Å². The first kappa shape index (κ1) is 27.2. The summed E-state index contributed by atoms with van der Waals surface area (Å²) in [5.74, 6) is -0.655. The van der Waals surface area contributed by atoms with Gasteiger partial charge < -0.3 is 14.8 Å². The van der Waals surface area contributed by atoms with Crippen molar-refractivity contribution >= 4 is 38.9 Å². The maximum atomic E-state index is 13.6. The Bertz CT molecular complexity index is 1360. The zero-order chi connectivity index (χ0) is 26.7. The van der Waals surface area contributed by atoms with Gasteiger partial charge in [-0.25, -0.2) is 8.42 Å². The number of ether oxygens (including phenoxy) is 2. The summed E-state index contributed by atoms with van der Waals surface area (Å²) in [6.07, 6.45) is -4.81. The van der Waals surface area contributed by atoms with Gasteiger partial charge in [-0.2, -0.15) is 13.2 Å². The van der Waals surface area contributed by atoms with E-state index in [4.69, 9.17) is 21.1 Å². The van der Waals surface area contributed by atoms with Gasteiger partial charge in [0.2, 0.25) is 5.91 Å². The number of carbonyl (C=O) groups is 1. The third kappa shape index (κ3) is 6.03. The molecule has 7 nitrogen and oxygen atoms in total. The highest BCUT2D eigenvalue weighted by Gasteiger charge is 2.35. The Balaban J connectivity index is 2.08. The molecule has 0 bridgehead atoms. The van der Waals surface area contributed by atoms with Gasteiger partial charge in [-0.3, -0.25) is 9.10 Å². The molecule has 0 heterocycles. The number of halogens is 4. The van der Waals surface area contributed by atoms with Crippen LogP contribution in [-0.2, 0) is 21.0 Å². The predicted molar refractivity (Wildman–Crippen MR) is 130 cm³/mol. The molecule has 1 amide bonds. The predicted octanol–water partition coefficient (Wildman–Crippen LogP) is 5.52. The third-order valence-corrected chi connectivity index (χ3v) is 7.12. The number of aryl methyl sites for hydroxylation is 1. The molecule has 0 radical (unpaired) electrons. The third-order valence-electron chi connectivity index (χ3n) is 5.11. The summed E-state index contributed by atoms with van der Waals surface area (Å²) < 4.78 is 78.9. The van der Waals surface area contributed by atoms with Crippen LogP contribution in [0.2, 0.25) is 5.02 Å². The van der Waals surface area contributed by atoms with Crippen molar-refractivity contribution in [2.75, 3.05) is 30.4 Å². The largest absolute Gasteiger partial charge is 0.497 e. The summed E-state index contributed by atoms with van der Waals surface area (Å²) in [6.45, 7) is 0.913. The molecule has 12 heteroatoms. The van der Waals surface area contributed by atoms with Crippen LogP contribution in [0.5, 0.6) is 11.5 Å². The standard InChI is InChI=1S/C24H22ClF3N2O5S/c1-15-4-8-18(9-5-15)36(32,33)30(21-13-17(34-2)7-11-22(21)35-3)14-23(31)29-20-10-6-16(25)12-19(20)24(26,27)28/h4-13H,14H2,1-3H3,(H,29,31). The van der Waals surface area contributed by atoms with Crippen molar-refractivity contribution in [2.24, 2.45) is 0 Å². The second kappa shape index (κ2) is 10.7. The summed E-state index contributed by atoms with van der Waals surface area (Å²) in [6, 6.07) is 13.1. The highest BCUT2D eigenvalue weighted by molar-refractivity contribution is 7.92. The first-order valence-electron chi connectivity index (χ1n) is 10.3. The minimum absolute atomic E-state index is 0.0419. The van der Waals surface area contributed by atoms with Gasteiger partial charge in [0.05, 0.1) is 36.1 Å². The van der Waals surface area contributed by atoms with Gasteiger partial charge in [-0.15, -0.1) is 0 Å². The topological polar surface area (TPSA) is 84.9 Å². The normalized spacial score (nSPS) is 11.6. The fraction of sp³-hybridized carbons (Fsp3) is 0.208. The molecule has 0 spiro atoms. The van der Waals surface area contributed by atoms with Gasteiger partial charge in [0, 0.05) is 11.1 Å². The molecular formula is C24H22ClF3N2O5S. The second-order valence-corrected chi connectivity index (χ2v) is 9.90. The van der Waals surface area contributed by atoms with E-state index in [0.29, 0.717) is 6.07 Å². The van der Waals surface area contributed by atoms with Gasteiger partial charge in [0.1, 0.15) is 18.0 Å². The van der Waals surface area contributed by atoms with E-state index < -0.39 is 39.9 Å². The number of alkyl halides is 3. The maximum Gasteiger partial charge on any atom is 0.418 e. The van der Waals surface area contributed by atoms with Crippen molar-refractivity contribution in [3.05, 3.63) is 76.8 Å². The van der Waals surface area contributed by atoms with Gasteiger partial charge in [0.25, 0.3) is 10.0 Å². The smallest absolute Gasteiger partial charge is 0.418 e. The van der Waals surface area contributed by atoms with Gasteiger partial charge in [-0.1, -0.05) is 29.3 Å². The Morgan fingerprint density at radius 1 is 1.00 bits per heavy atom. The average molecular weight is 543 g/mol. The van der Waals surface area contributed by atoms with E-state index in [9.17, 15) is 26.4 Å². The zero-order valence-electron chi connectivity index (χ0n) is 19.4. The lowest BCUT2D eigenvalue weighted by molar-refractivity contribution is -0.137. The quantitative estimate of drug-likeness (QED) is 0.405. The summed E-state index contributed by atoms with van der Waals surface area (Å²) in [5.41, 5.74) is -0.975. The molecule has 3 aromatic carbocycles. The molecule has 0 aliphatic rings. The Kier molecular flexibility index (Phi) is 8.05. The fourth-order valence-corrected chi connectivity index (χ4v) is 4.90. The molecule has 0 aromatic heterocycles. The highest BCUT2D eigenvalue weighted by atomic mass is 35.5. The number of methoxy groups -OCH3 is 2. The number of nitrogens with zero attached hydrogens (tertiary/aromatic N) is 1. The summed E-state index contributed by atoms with van der Waals surface area (Å²) in [7, 11) is -1.69. The molecule has 36 heavy (non-hydrogen) atoms. The van der Waals surface area contributed by atoms with E-state index in [1.54, 1.807) is 19.1 Å². The molecule has 1 N–H and O–H groups in total. The Morgan fingerprint density at radius 2 is 1.67 bits per heavy atom. The van der Waals surface area contributed by atoms with Crippen molar-refractivity contribution in [1.29, 1.82) is 0 Å². The van der Waals surface area contributed by atoms with Crippen molar-refractivity contribution in [3.63, 3.8) is 0 Å². The lowest BCUT2D eigenvalue weighted by atomic mass is 10.1. The molecule has 3 aromatic rings. The Hall–Kier alpha value is -3.44. The number of rotatable bonds is 8. The minimum atomic E-state index is -4.81. The number of sulfonamides is 1. The summed E-state index contributed by atoms with van der Waals surface area (Å²) in [5, 5.41) is 1.97. The summed E-state index contributed by atoms with van der Waals surface area (Å²) >= 11 is 5.70. The molecule has 0 aliphatic heterocycles. The first-order chi connectivity index (χ1) is 16.9. The van der Waals surface area contributed by atoms with Crippen LogP contribution in [0.3, 0.4) is 0 Å². The molecular weight excluding hydrogens is 521 g/mol. The minimum Gasteiger partial charge on any atom is -0.497 e. The SMILES string of the molecule is COc1ccc(OC)c(N(CC(=O)Nc2ccc(Cl)cc2C(F)(F)F)S(=O)(=O)c2ccc(C)cc2)c1. The number of benzene rings is 3. The van der Waals surface area contributed by atoms with Gasteiger partial charge >= 0.3 is 6.18 Å². The number of hydrogen-bond acceptors (Lipinski definition) is 5. The van der Waals surface area contributed by atoms with E-state index in [1.165, 1.54) is 50.6 Å². The number of carbonyl (C=O) groups excluding carboxylic acids is 1. The molecule has 0 fully saturated rings. The van der Waals surface area contributed by atoms with Crippen molar-refractivity contribution in [3.8, 4) is 11.5 Å². The lowest BCUT2D eigenvalue weighted by Crippen LogP contribution is -2.38. The van der Waals surface area contributed by atoms with E-state index in [2.05, 4.69) is 5.32 Å². The highest BCUT2D eigenvalue weighted by Crippen LogP contribution is 2.38. The molecule has 0 aliphatic carbocycles. The Morgan fingerprint density at radius 3 is 2.25 bits per heavy atom. The van der Waals surface area contributed by atoms with E-state index >= 15 is 0 Å². The van der Waals surface area contributed by atoms with Crippen LogP contribution in [0.15, 0.2) is 65.6 Å². The first-order valence-corrected chi connectivity index (χ1v) is 12.2.